The lowest BCUT2D eigenvalue weighted by Gasteiger charge is -2.35. The van der Waals surface area contributed by atoms with Crippen molar-refractivity contribution in [3.63, 3.8) is 0 Å². The van der Waals surface area contributed by atoms with Crippen LogP contribution in [0.15, 0.2) is 42.5 Å². The summed E-state index contributed by atoms with van der Waals surface area (Å²) in [6, 6.07) is 11.2. The van der Waals surface area contributed by atoms with E-state index in [1.807, 2.05) is 31.2 Å². The molecule has 0 spiro atoms. The first-order valence-electron chi connectivity index (χ1n) is 10.4. The Hall–Kier alpha value is -2.80. The van der Waals surface area contributed by atoms with E-state index < -0.39 is 5.82 Å². The maximum atomic E-state index is 13.2. The summed E-state index contributed by atoms with van der Waals surface area (Å²) < 4.78 is 24.5. The first-order chi connectivity index (χ1) is 15.0. The third-order valence-corrected chi connectivity index (χ3v) is 5.34. The van der Waals surface area contributed by atoms with Gasteiger partial charge in [-0.25, -0.2) is 4.39 Å². The standard InChI is InChI=1S/C23H26ClFN2O4/c1-2-30-20-6-3-4-7-21(20)31-15-5-8-22(28)26-11-13-27(14-12-26)23(29)18-10-9-17(25)16-19(18)24/h3-4,6-7,9-10,16H,2,5,8,11-15H2,1H3. The van der Waals surface area contributed by atoms with Crippen molar-refractivity contribution in [3.8, 4) is 11.5 Å². The van der Waals surface area contributed by atoms with E-state index in [1.165, 1.54) is 12.1 Å². The molecule has 1 aliphatic heterocycles. The lowest BCUT2D eigenvalue weighted by Crippen LogP contribution is -2.50. The highest BCUT2D eigenvalue weighted by Crippen LogP contribution is 2.26. The minimum Gasteiger partial charge on any atom is -0.490 e. The van der Waals surface area contributed by atoms with Crippen LogP contribution in [-0.2, 0) is 4.79 Å². The molecule has 31 heavy (non-hydrogen) atoms. The third-order valence-electron chi connectivity index (χ3n) is 5.02. The average Bonchev–Trinajstić information content (AvgIpc) is 2.77. The van der Waals surface area contributed by atoms with Gasteiger partial charge in [0.05, 0.1) is 23.8 Å². The summed E-state index contributed by atoms with van der Waals surface area (Å²) >= 11 is 5.99. The second kappa shape index (κ2) is 11.0. The summed E-state index contributed by atoms with van der Waals surface area (Å²) in [5, 5.41) is 0.0921. The highest BCUT2D eigenvalue weighted by Gasteiger charge is 2.25. The molecule has 1 aliphatic rings. The lowest BCUT2D eigenvalue weighted by atomic mass is 10.1. The number of halogens is 2. The molecule has 166 valence electrons. The fourth-order valence-corrected chi connectivity index (χ4v) is 3.65. The number of hydrogen-bond donors (Lipinski definition) is 0. The molecule has 0 N–H and O–H groups in total. The Morgan fingerprint density at radius 3 is 2.29 bits per heavy atom. The van der Waals surface area contributed by atoms with Gasteiger partial charge in [-0.05, 0) is 43.7 Å². The van der Waals surface area contributed by atoms with E-state index in [-0.39, 0.29) is 22.4 Å². The third kappa shape index (κ3) is 6.10. The van der Waals surface area contributed by atoms with Crippen LogP contribution in [0.4, 0.5) is 4.39 Å². The number of carbonyl (C=O) groups is 2. The van der Waals surface area contributed by atoms with Crippen molar-refractivity contribution >= 4 is 23.4 Å². The predicted octanol–water partition coefficient (Wildman–Crippen LogP) is 4.02. The molecule has 2 aromatic carbocycles. The maximum absolute atomic E-state index is 13.2. The molecule has 0 unspecified atom stereocenters. The quantitative estimate of drug-likeness (QED) is 0.572. The number of benzene rings is 2. The van der Waals surface area contributed by atoms with Crippen LogP contribution in [0, 0.1) is 5.82 Å². The molecule has 0 radical (unpaired) electrons. The molecule has 3 rings (SSSR count). The van der Waals surface area contributed by atoms with Crippen molar-refractivity contribution in [2.24, 2.45) is 0 Å². The molecule has 2 amide bonds. The number of amides is 2. The number of ether oxygens (including phenoxy) is 2. The summed E-state index contributed by atoms with van der Waals surface area (Å²) in [5.74, 6) is 0.663. The average molecular weight is 449 g/mol. The number of nitrogens with zero attached hydrogens (tertiary/aromatic N) is 2. The molecule has 0 saturated carbocycles. The summed E-state index contributed by atoms with van der Waals surface area (Å²) in [6.45, 7) is 4.62. The Kier molecular flexibility index (Phi) is 8.12. The van der Waals surface area contributed by atoms with E-state index in [0.717, 1.165) is 6.07 Å². The minimum atomic E-state index is -0.484. The monoisotopic (exact) mass is 448 g/mol. The van der Waals surface area contributed by atoms with Crippen LogP contribution >= 0.6 is 11.6 Å². The Balaban J connectivity index is 1.42. The summed E-state index contributed by atoms with van der Waals surface area (Å²) in [5.41, 5.74) is 0.271. The highest BCUT2D eigenvalue weighted by atomic mass is 35.5. The van der Waals surface area contributed by atoms with Gasteiger partial charge in [0.25, 0.3) is 5.91 Å². The van der Waals surface area contributed by atoms with Crippen molar-refractivity contribution in [3.05, 3.63) is 58.9 Å². The number of para-hydroxylation sites is 2. The lowest BCUT2D eigenvalue weighted by molar-refractivity contribution is -0.132. The van der Waals surface area contributed by atoms with Crippen LogP contribution in [-0.4, -0.2) is 61.0 Å². The van der Waals surface area contributed by atoms with Gasteiger partial charge in [0.1, 0.15) is 5.82 Å². The molecule has 1 fully saturated rings. The maximum Gasteiger partial charge on any atom is 0.255 e. The topological polar surface area (TPSA) is 59.1 Å². The van der Waals surface area contributed by atoms with Crippen LogP contribution in [0.1, 0.15) is 30.1 Å². The second-order valence-electron chi connectivity index (χ2n) is 7.13. The summed E-state index contributed by atoms with van der Waals surface area (Å²) in [4.78, 5) is 28.5. The van der Waals surface area contributed by atoms with Crippen molar-refractivity contribution in [2.45, 2.75) is 19.8 Å². The first kappa shape index (κ1) is 22.9. The smallest absolute Gasteiger partial charge is 0.255 e. The van der Waals surface area contributed by atoms with E-state index in [4.69, 9.17) is 21.1 Å². The van der Waals surface area contributed by atoms with Gasteiger partial charge in [-0.3, -0.25) is 9.59 Å². The van der Waals surface area contributed by atoms with Gasteiger partial charge in [0, 0.05) is 32.6 Å². The van der Waals surface area contributed by atoms with Crippen LogP contribution < -0.4 is 9.47 Å². The molecule has 0 bridgehead atoms. The van der Waals surface area contributed by atoms with Crippen molar-refractivity contribution in [2.75, 3.05) is 39.4 Å². The van der Waals surface area contributed by atoms with Crippen LogP contribution in [0.5, 0.6) is 11.5 Å². The van der Waals surface area contributed by atoms with E-state index in [2.05, 4.69) is 0 Å². The molecule has 8 heteroatoms. The van der Waals surface area contributed by atoms with Gasteiger partial charge in [-0.1, -0.05) is 23.7 Å². The van der Waals surface area contributed by atoms with Crippen LogP contribution in [0.25, 0.3) is 0 Å². The molecule has 1 heterocycles. The molecule has 0 aliphatic carbocycles. The zero-order chi connectivity index (χ0) is 22.2. The normalized spacial score (nSPS) is 13.8. The Bertz CT molecular complexity index is 916. The number of rotatable bonds is 8. The second-order valence-corrected chi connectivity index (χ2v) is 7.54. The van der Waals surface area contributed by atoms with E-state index >= 15 is 0 Å². The fourth-order valence-electron chi connectivity index (χ4n) is 3.40. The zero-order valence-electron chi connectivity index (χ0n) is 17.5. The Labute approximate surface area is 186 Å². The van der Waals surface area contributed by atoms with Gasteiger partial charge in [0.15, 0.2) is 11.5 Å². The molecule has 6 nitrogen and oxygen atoms in total. The largest absolute Gasteiger partial charge is 0.490 e. The van der Waals surface area contributed by atoms with Crippen molar-refractivity contribution in [1.82, 2.24) is 9.80 Å². The van der Waals surface area contributed by atoms with Gasteiger partial charge in [0.2, 0.25) is 5.91 Å². The van der Waals surface area contributed by atoms with E-state index in [9.17, 15) is 14.0 Å². The van der Waals surface area contributed by atoms with Gasteiger partial charge in [-0.15, -0.1) is 0 Å². The molecule has 0 aromatic heterocycles. The number of carbonyl (C=O) groups excluding carboxylic acids is 2. The molecule has 1 saturated heterocycles. The highest BCUT2D eigenvalue weighted by molar-refractivity contribution is 6.33. The number of hydrogen-bond acceptors (Lipinski definition) is 4. The molecule has 0 atom stereocenters. The van der Waals surface area contributed by atoms with Crippen LogP contribution in [0.3, 0.4) is 0 Å². The van der Waals surface area contributed by atoms with E-state index in [0.29, 0.717) is 63.7 Å². The van der Waals surface area contributed by atoms with Gasteiger partial charge >= 0.3 is 0 Å². The van der Waals surface area contributed by atoms with Gasteiger partial charge in [-0.2, -0.15) is 0 Å². The van der Waals surface area contributed by atoms with Gasteiger partial charge < -0.3 is 19.3 Å². The Morgan fingerprint density at radius 2 is 1.65 bits per heavy atom. The van der Waals surface area contributed by atoms with E-state index in [1.54, 1.807) is 9.80 Å². The molecule has 2 aromatic rings. The summed E-state index contributed by atoms with van der Waals surface area (Å²) in [6.07, 6.45) is 0.957. The van der Waals surface area contributed by atoms with Crippen molar-refractivity contribution < 1.29 is 23.5 Å². The van der Waals surface area contributed by atoms with Crippen molar-refractivity contribution in [1.29, 1.82) is 0 Å². The van der Waals surface area contributed by atoms with Crippen LogP contribution in [0.2, 0.25) is 5.02 Å². The fraction of sp³-hybridized carbons (Fsp3) is 0.391. The number of piperazine rings is 1. The SMILES string of the molecule is CCOc1ccccc1OCCCC(=O)N1CCN(C(=O)c2ccc(F)cc2Cl)CC1. The molecular formula is C23H26ClFN2O4. The zero-order valence-corrected chi connectivity index (χ0v) is 18.2. The minimum absolute atomic E-state index is 0.0357. The summed E-state index contributed by atoms with van der Waals surface area (Å²) in [7, 11) is 0. The molecular weight excluding hydrogens is 423 g/mol. The predicted molar refractivity (Wildman–Crippen MR) is 116 cm³/mol. The Morgan fingerprint density at radius 1 is 1.00 bits per heavy atom. The first-order valence-corrected chi connectivity index (χ1v) is 10.7.